The summed E-state index contributed by atoms with van der Waals surface area (Å²) in [4.78, 5) is 35.5. The van der Waals surface area contributed by atoms with E-state index < -0.39 is 22.9 Å². The number of ether oxygens (including phenoxy) is 1. The molecule has 2 aliphatic heterocycles. The molecule has 55 heavy (non-hydrogen) atoms. The van der Waals surface area contributed by atoms with Gasteiger partial charge in [0.1, 0.15) is 23.7 Å². The van der Waals surface area contributed by atoms with E-state index in [0.717, 1.165) is 38.8 Å². The predicted octanol–water partition coefficient (Wildman–Crippen LogP) is 8.84. The number of carbonyl (C=O) groups excluding carboxylic acids is 2. The smallest absolute Gasteiger partial charge is 0.410 e. The van der Waals surface area contributed by atoms with Gasteiger partial charge in [0.25, 0.3) is 0 Å². The van der Waals surface area contributed by atoms with E-state index in [0.29, 0.717) is 43.9 Å². The van der Waals surface area contributed by atoms with E-state index in [9.17, 15) is 14.0 Å². The van der Waals surface area contributed by atoms with E-state index in [4.69, 9.17) is 9.84 Å². The molecule has 2 saturated heterocycles. The summed E-state index contributed by atoms with van der Waals surface area (Å²) in [6, 6.07) is 49.5. The van der Waals surface area contributed by atoms with Gasteiger partial charge in [-0.05, 0) is 65.4 Å². The number of halogens is 1. The summed E-state index contributed by atoms with van der Waals surface area (Å²) < 4.78 is 21.9. The number of fused-ring (bicyclic) bond motifs is 1. The number of anilines is 1. The van der Waals surface area contributed by atoms with Crippen LogP contribution in [0.2, 0.25) is 0 Å². The number of aromatic nitrogens is 3. The minimum atomic E-state index is -0.919. The van der Waals surface area contributed by atoms with E-state index >= 15 is 0 Å². The van der Waals surface area contributed by atoms with Crippen molar-refractivity contribution in [1.29, 1.82) is 0 Å². The Morgan fingerprint density at radius 1 is 0.745 bits per heavy atom. The van der Waals surface area contributed by atoms with Crippen LogP contribution in [0.25, 0.3) is 22.3 Å². The normalized spacial score (nSPS) is 17.0. The first kappa shape index (κ1) is 34.2. The summed E-state index contributed by atoms with van der Waals surface area (Å²) in [6.07, 6.45) is 1.99. The van der Waals surface area contributed by atoms with Gasteiger partial charge in [-0.25, -0.2) is 13.9 Å². The number of hydrogen-bond donors (Lipinski definition) is 0. The fourth-order valence-electron chi connectivity index (χ4n) is 8.42. The van der Waals surface area contributed by atoms with Crippen molar-refractivity contribution in [2.75, 3.05) is 24.5 Å². The van der Waals surface area contributed by atoms with Crippen molar-refractivity contribution in [2.24, 2.45) is 5.41 Å². The molecule has 4 heterocycles. The molecule has 2 aromatic heterocycles. The topological polar surface area (TPSA) is 80.6 Å². The average Bonchev–Trinajstić information content (AvgIpc) is 3.95. The highest BCUT2D eigenvalue weighted by Crippen LogP contribution is 2.46. The summed E-state index contributed by atoms with van der Waals surface area (Å²) in [5, 5.41) is 6.16. The lowest BCUT2D eigenvalue weighted by molar-refractivity contribution is -0.124. The van der Waals surface area contributed by atoms with Crippen LogP contribution in [0.5, 0.6) is 0 Å². The van der Waals surface area contributed by atoms with Crippen molar-refractivity contribution in [3.05, 3.63) is 186 Å². The molecule has 9 heteroatoms. The van der Waals surface area contributed by atoms with Gasteiger partial charge in [-0.1, -0.05) is 121 Å². The number of pyridine rings is 1. The third-order valence-electron chi connectivity index (χ3n) is 11.2. The lowest BCUT2D eigenvalue weighted by Gasteiger charge is -2.37. The summed E-state index contributed by atoms with van der Waals surface area (Å²) in [6.45, 7) is 1.47. The Balaban J connectivity index is 1.14. The van der Waals surface area contributed by atoms with Crippen LogP contribution in [-0.4, -0.2) is 51.3 Å². The van der Waals surface area contributed by atoms with Crippen molar-refractivity contribution in [3.63, 3.8) is 0 Å². The van der Waals surface area contributed by atoms with Crippen LogP contribution in [0.1, 0.15) is 35.1 Å². The molecule has 0 N–H and O–H groups in total. The molecule has 0 saturated carbocycles. The fraction of sp³-hybridized carbons (Fsp3) is 0.174. The molecule has 5 aromatic carbocycles. The molecule has 1 atom stereocenters. The number of hydrogen-bond acceptors (Lipinski definition) is 5. The summed E-state index contributed by atoms with van der Waals surface area (Å²) in [7, 11) is 0. The van der Waals surface area contributed by atoms with E-state index in [2.05, 4.69) is 46.1 Å². The highest BCUT2D eigenvalue weighted by molar-refractivity contribution is 6.03. The monoisotopic (exact) mass is 727 g/mol. The summed E-state index contributed by atoms with van der Waals surface area (Å²) in [5.74, 6) is -0.450. The van der Waals surface area contributed by atoms with E-state index in [1.807, 2.05) is 108 Å². The van der Waals surface area contributed by atoms with Gasteiger partial charge in [-0.15, -0.1) is 0 Å². The van der Waals surface area contributed by atoms with Gasteiger partial charge < -0.3 is 14.5 Å². The number of benzene rings is 5. The second-order valence-electron chi connectivity index (χ2n) is 14.3. The lowest BCUT2D eigenvalue weighted by Crippen LogP contribution is -2.39. The van der Waals surface area contributed by atoms with Gasteiger partial charge in [0.15, 0.2) is 0 Å². The van der Waals surface area contributed by atoms with Crippen LogP contribution in [0, 0.1) is 11.2 Å². The predicted molar refractivity (Wildman–Crippen MR) is 210 cm³/mol. The average molecular weight is 728 g/mol. The number of likely N-dealkylation sites (tertiary alicyclic amines) is 1. The van der Waals surface area contributed by atoms with Crippen molar-refractivity contribution in [1.82, 2.24) is 19.7 Å². The van der Waals surface area contributed by atoms with Crippen LogP contribution in [0.4, 0.5) is 14.9 Å². The molecule has 7 aromatic rings. The molecule has 0 unspecified atom stereocenters. The molecule has 0 bridgehead atoms. The van der Waals surface area contributed by atoms with Gasteiger partial charge in [0.2, 0.25) is 5.91 Å². The second kappa shape index (κ2) is 14.0. The Morgan fingerprint density at radius 3 is 1.95 bits per heavy atom. The van der Waals surface area contributed by atoms with E-state index in [-0.39, 0.29) is 12.5 Å². The Morgan fingerprint density at radius 2 is 1.35 bits per heavy atom. The van der Waals surface area contributed by atoms with E-state index in [1.54, 1.807) is 11.0 Å². The number of rotatable bonds is 8. The molecule has 0 radical (unpaired) electrons. The van der Waals surface area contributed by atoms with Crippen LogP contribution in [0.3, 0.4) is 0 Å². The second-order valence-corrected chi connectivity index (χ2v) is 14.3. The largest absolute Gasteiger partial charge is 0.445 e. The Bertz CT molecular complexity index is 2380. The Kier molecular flexibility index (Phi) is 8.69. The van der Waals surface area contributed by atoms with Crippen molar-refractivity contribution in [3.8, 4) is 11.4 Å². The first-order valence-corrected chi connectivity index (χ1v) is 18.6. The maximum atomic E-state index is 14.4. The SMILES string of the molecule is O=C(OCc1ccccc1)N1CC[C@]2(CCN(c3ccc4c(c3)c(-c3ccc(F)cn3)nn4C(c3ccccc3)(c3ccccc3)c3ccccc3)C2=O)C1. The molecular formula is C46H38FN5O3. The van der Waals surface area contributed by atoms with Crippen LogP contribution < -0.4 is 4.90 Å². The van der Waals surface area contributed by atoms with Gasteiger partial charge in [0.05, 0.1) is 22.8 Å². The zero-order chi connectivity index (χ0) is 37.4. The fourth-order valence-corrected chi connectivity index (χ4v) is 8.42. The quantitative estimate of drug-likeness (QED) is 0.146. The van der Waals surface area contributed by atoms with Gasteiger partial charge in [-0.2, -0.15) is 5.10 Å². The zero-order valence-electron chi connectivity index (χ0n) is 30.1. The molecule has 8 nitrogen and oxygen atoms in total. The molecular weight excluding hydrogens is 690 g/mol. The summed E-state index contributed by atoms with van der Waals surface area (Å²) in [5.41, 5.74) is 4.94. The molecule has 2 amide bonds. The highest BCUT2D eigenvalue weighted by atomic mass is 19.1. The molecule has 1 spiro atoms. The maximum Gasteiger partial charge on any atom is 0.410 e. The van der Waals surface area contributed by atoms with Gasteiger partial charge in [-0.3, -0.25) is 9.78 Å². The minimum absolute atomic E-state index is 0.00809. The maximum absolute atomic E-state index is 14.4. The standard InChI is InChI=1S/C46H38FN5O3/c47-37-21-23-40(48-30-37)42-39-29-38(51-28-26-45(43(51)53)25-27-50(32-45)44(54)55-31-33-13-5-1-6-14-33)22-24-41(39)52(49-42)46(34-15-7-2-8-16-34,35-17-9-3-10-18-35)36-19-11-4-12-20-36/h1-24,29-30H,25-28,31-32H2/t45-/m0/s1. The first-order valence-electron chi connectivity index (χ1n) is 18.6. The van der Waals surface area contributed by atoms with Crippen LogP contribution in [0.15, 0.2) is 158 Å². The Hall–Kier alpha value is -6.61. The molecule has 2 aliphatic rings. The highest BCUT2D eigenvalue weighted by Gasteiger charge is 2.52. The van der Waals surface area contributed by atoms with Crippen molar-refractivity contribution >= 4 is 28.6 Å². The lowest BCUT2D eigenvalue weighted by atomic mass is 9.77. The molecule has 2 fully saturated rings. The molecule has 0 aliphatic carbocycles. The van der Waals surface area contributed by atoms with Gasteiger partial charge >= 0.3 is 6.09 Å². The first-order chi connectivity index (χ1) is 27.0. The molecule has 272 valence electrons. The molecule has 9 rings (SSSR count). The Labute approximate surface area is 318 Å². The van der Waals surface area contributed by atoms with E-state index in [1.165, 1.54) is 12.3 Å². The van der Waals surface area contributed by atoms with Crippen molar-refractivity contribution < 1.29 is 18.7 Å². The third-order valence-corrected chi connectivity index (χ3v) is 11.2. The van der Waals surface area contributed by atoms with Crippen LogP contribution >= 0.6 is 0 Å². The third kappa shape index (κ3) is 5.92. The minimum Gasteiger partial charge on any atom is -0.445 e. The number of carbonyl (C=O) groups is 2. The number of nitrogens with zero attached hydrogens (tertiary/aromatic N) is 5. The summed E-state index contributed by atoms with van der Waals surface area (Å²) >= 11 is 0. The van der Waals surface area contributed by atoms with Crippen LogP contribution in [-0.2, 0) is 21.7 Å². The zero-order valence-corrected chi connectivity index (χ0v) is 30.1. The van der Waals surface area contributed by atoms with Crippen molar-refractivity contribution in [2.45, 2.75) is 25.0 Å². The number of amides is 2. The van der Waals surface area contributed by atoms with Gasteiger partial charge in [0, 0.05) is 30.7 Å².